The van der Waals surface area contributed by atoms with Crippen LogP contribution in [0.1, 0.15) is 34.8 Å². The number of benzene rings is 2. The van der Waals surface area contributed by atoms with Gasteiger partial charge >= 0.3 is 0 Å². The van der Waals surface area contributed by atoms with Gasteiger partial charge in [-0.15, -0.1) is 0 Å². The van der Waals surface area contributed by atoms with E-state index in [1.165, 1.54) is 11.3 Å². The average Bonchev–Trinajstić information content (AvgIpc) is 2.73. The van der Waals surface area contributed by atoms with Crippen LogP contribution in [0.15, 0.2) is 48.5 Å². The fourth-order valence-electron chi connectivity index (χ4n) is 3.16. The first kappa shape index (κ1) is 19.4. The number of carbonyl (C=O) groups excluding carboxylic acids is 1. The molecule has 3 rings (SSSR count). The van der Waals surface area contributed by atoms with Crippen molar-refractivity contribution in [3.05, 3.63) is 65.2 Å². The SMILES string of the molecule is CCCNC(=O)c1cccc(CNCc2ccc(N3CCOCC3)cc2)c1. The van der Waals surface area contributed by atoms with E-state index in [4.69, 9.17) is 4.74 Å². The minimum atomic E-state index is -0.00241. The highest BCUT2D eigenvalue weighted by Gasteiger charge is 2.10. The lowest BCUT2D eigenvalue weighted by Crippen LogP contribution is -2.36. The molecule has 0 aliphatic carbocycles. The lowest BCUT2D eigenvalue weighted by atomic mass is 10.1. The Morgan fingerprint density at radius 1 is 1.04 bits per heavy atom. The third kappa shape index (κ3) is 5.81. The van der Waals surface area contributed by atoms with Gasteiger partial charge in [0, 0.05) is 44.0 Å². The summed E-state index contributed by atoms with van der Waals surface area (Å²) in [6.07, 6.45) is 0.942. The highest BCUT2D eigenvalue weighted by molar-refractivity contribution is 5.94. The first-order valence-electron chi connectivity index (χ1n) is 9.76. The number of nitrogens with zero attached hydrogens (tertiary/aromatic N) is 1. The monoisotopic (exact) mass is 367 g/mol. The molecular weight excluding hydrogens is 338 g/mol. The van der Waals surface area contributed by atoms with Crippen LogP contribution in [0.4, 0.5) is 5.69 Å². The Morgan fingerprint density at radius 2 is 1.78 bits per heavy atom. The van der Waals surface area contributed by atoms with E-state index in [0.717, 1.165) is 56.9 Å². The van der Waals surface area contributed by atoms with Crippen LogP contribution in [0.25, 0.3) is 0 Å². The van der Waals surface area contributed by atoms with E-state index in [1.54, 1.807) is 0 Å². The van der Waals surface area contributed by atoms with Gasteiger partial charge < -0.3 is 20.3 Å². The molecular formula is C22H29N3O2. The standard InChI is InChI=1S/C22H29N3O2/c1-2-10-24-22(26)20-5-3-4-19(15-20)17-23-16-18-6-8-21(9-7-18)25-11-13-27-14-12-25/h3-9,15,23H,2,10-14,16-17H2,1H3,(H,24,26). The van der Waals surface area contributed by atoms with E-state index in [2.05, 4.69) is 39.8 Å². The van der Waals surface area contributed by atoms with Gasteiger partial charge in [-0.1, -0.05) is 31.2 Å². The van der Waals surface area contributed by atoms with Gasteiger partial charge in [-0.3, -0.25) is 4.79 Å². The predicted octanol–water partition coefficient (Wildman–Crippen LogP) is 2.95. The molecule has 2 aromatic rings. The fourth-order valence-corrected chi connectivity index (χ4v) is 3.16. The Hall–Kier alpha value is -2.37. The second-order valence-corrected chi connectivity index (χ2v) is 6.83. The predicted molar refractivity (Wildman–Crippen MR) is 109 cm³/mol. The number of carbonyl (C=O) groups is 1. The Kier molecular flexibility index (Phi) is 7.25. The second kappa shape index (κ2) is 10.1. The van der Waals surface area contributed by atoms with Crippen LogP contribution < -0.4 is 15.5 Å². The van der Waals surface area contributed by atoms with Crippen molar-refractivity contribution in [3.8, 4) is 0 Å². The molecule has 5 heteroatoms. The summed E-state index contributed by atoms with van der Waals surface area (Å²) < 4.78 is 5.41. The Labute approximate surface area is 161 Å². The molecule has 0 aromatic heterocycles. The zero-order chi connectivity index (χ0) is 18.9. The molecule has 1 amide bonds. The zero-order valence-electron chi connectivity index (χ0n) is 16.0. The molecule has 0 radical (unpaired) electrons. The molecule has 144 valence electrons. The first-order valence-corrected chi connectivity index (χ1v) is 9.76. The Balaban J connectivity index is 1.48. The topological polar surface area (TPSA) is 53.6 Å². The largest absolute Gasteiger partial charge is 0.378 e. The number of hydrogen-bond acceptors (Lipinski definition) is 4. The summed E-state index contributed by atoms with van der Waals surface area (Å²) in [7, 11) is 0. The van der Waals surface area contributed by atoms with Gasteiger partial charge in [0.1, 0.15) is 0 Å². The van der Waals surface area contributed by atoms with E-state index < -0.39 is 0 Å². The lowest BCUT2D eigenvalue weighted by Gasteiger charge is -2.28. The number of anilines is 1. The van der Waals surface area contributed by atoms with Gasteiger partial charge in [0.15, 0.2) is 0 Å². The van der Waals surface area contributed by atoms with Crippen molar-refractivity contribution >= 4 is 11.6 Å². The number of amides is 1. The van der Waals surface area contributed by atoms with Crippen molar-refractivity contribution in [1.82, 2.24) is 10.6 Å². The summed E-state index contributed by atoms with van der Waals surface area (Å²) in [5.41, 5.74) is 4.35. The molecule has 1 aliphatic rings. The van der Waals surface area contributed by atoms with Crippen molar-refractivity contribution in [2.45, 2.75) is 26.4 Å². The number of rotatable bonds is 8. The second-order valence-electron chi connectivity index (χ2n) is 6.83. The number of nitrogens with one attached hydrogen (secondary N) is 2. The van der Waals surface area contributed by atoms with Crippen LogP contribution in [0, 0.1) is 0 Å². The van der Waals surface area contributed by atoms with Gasteiger partial charge in [0.05, 0.1) is 13.2 Å². The van der Waals surface area contributed by atoms with E-state index in [1.807, 2.05) is 31.2 Å². The van der Waals surface area contributed by atoms with Crippen LogP contribution >= 0.6 is 0 Å². The normalized spacial score (nSPS) is 14.2. The van der Waals surface area contributed by atoms with E-state index >= 15 is 0 Å². The van der Waals surface area contributed by atoms with E-state index in [0.29, 0.717) is 6.54 Å². The maximum Gasteiger partial charge on any atom is 0.251 e. The highest BCUT2D eigenvalue weighted by Crippen LogP contribution is 2.16. The molecule has 1 heterocycles. The van der Waals surface area contributed by atoms with Gasteiger partial charge in [-0.2, -0.15) is 0 Å². The third-order valence-electron chi connectivity index (χ3n) is 4.70. The molecule has 2 aromatic carbocycles. The molecule has 0 bridgehead atoms. The molecule has 5 nitrogen and oxygen atoms in total. The van der Waals surface area contributed by atoms with E-state index in [9.17, 15) is 4.79 Å². The summed E-state index contributed by atoms with van der Waals surface area (Å²) in [6.45, 7) is 7.82. The minimum absolute atomic E-state index is 0.00241. The third-order valence-corrected chi connectivity index (χ3v) is 4.70. The maximum absolute atomic E-state index is 12.1. The van der Waals surface area contributed by atoms with Crippen LogP contribution in [0.3, 0.4) is 0 Å². The van der Waals surface area contributed by atoms with Crippen molar-refractivity contribution < 1.29 is 9.53 Å². The molecule has 1 fully saturated rings. The molecule has 0 atom stereocenters. The summed E-state index contributed by atoms with van der Waals surface area (Å²) in [5, 5.41) is 6.38. The highest BCUT2D eigenvalue weighted by atomic mass is 16.5. The van der Waals surface area contributed by atoms with Crippen molar-refractivity contribution in [1.29, 1.82) is 0 Å². The van der Waals surface area contributed by atoms with Crippen LogP contribution in [-0.4, -0.2) is 38.8 Å². The van der Waals surface area contributed by atoms with Gasteiger partial charge in [-0.25, -0.2) is 0 Å². The average molecular weight is 367 g/mol. The molecule has 0 spiro atoms. The number of ether oxygens (including phenoxy) is 1. The Bertz CT molecular complexity index is 725. The molecule has 27 heavy (non-hydrogen) atoms. The summed E-state index contributed by atoms with van der Waals surface area (Å²) in [4.78, 5) is 14.4. The summed E-state index contributed by atoms with van der Waals surface area (Å²) in [5.74, 6) is -0.00241. The van der Waals surface area contributed by atoms with Crippen molar-refractivity contribution in [2.24, 2.45) is 0 Å². The van der Waals surface area contributed by atoms with Gasteiger partial charge in [0.25, 0.3) is 5.91 Å². The molecule has 0 saturated carbocycles. The van der Waals surface area contributed by atoms with Crippen LogP contribution in [-0.2, 0) is 17.8 Å². The molecule has 1 aliphatic heterocycles. The maximum atomic E-state index is 12.1. The first-order chi connectivity index (χ1) is 13.3. The minimum Gasteiger partial charge on any atom is -0.378 e. The molecule has 1 saturated heterocycles. The summed E-state index contributed by atoms with van der Waals surface area (Å²) in [6, 6.07) is 16.5. The zero-order valence-corrected chi connectivity index (χ0v) is 16.0. The quantitative estimate of drug-likeness (QED) is 0.753. The van der Waals surface area contributed by atoms with Gasteiger partial charge in [-0.05, 0) is 41.8 Å². The lowest BCUT2D eigenvalue weighted by molar-refractivity contribution is 0.0953. The fraction of sp³-hybridized carbons (Fsp3) is 0.409. The summed E-state index contributed by atoms with van der Waals surface area (Å²) >= 11 is 0. The Morgan fingerprint density at radius 3 is 2.52 bits per heavy atom. The molecule has 2 N–H and O–H groups in total. The van der Waals surface area contributed by atoms with Crippen LogP contribution in [0.2, 0.25) is 0 Å². The van der Waals surface area contributed by atoms with Crippen molar-refractivity contribution in [2.75, 3.05) is 37.7 Å². The van der Waals surface area contributed by atoms with Gasteiger partial charge in [0.2, 0.25) is 0 Å². The van der Waals surface area contributed by atoms with Crippen molar-refractivity contribution in [3.63, 3.8) is 0 Å². The number of morpholine rings is 1. The van der Waals surface area contributed by atoms with Crippen LogP contribution in [0.5, 0.6) is 0 Å². The smallest absolute Gasteiger partial charge is 0.251 e. The number of hydrogen-bond donors (Lipinski definition) is 2. The van der Waals surface area contributed by atoms with E-state index in [-0.39, 0.29) is 5.91 Å². The molecule has 0 unspecified atom stereocenters.